The first-order valence-electron chi connectivity index (χ1n) is 5.55. The van der Waals surface area contributed by atoms with Crippen LogP contribution in [0.25, 0.3) is 0 Å². The third-order valence-corrected chi connectivity index (χ3v) is 2.81. The van der Waals surface area contributed by atoms with Crippen LogP contribution in [0.15, 0.2) is 28.2 Å². The molecule has 0 spiro atoms. The van der Waals surface area contributed by atoms with Crippen LogP contribution in [-0.4, -0.2) is 19.8 Å². The highest BCUT2D eigenvalue weighted by Crippen LogP contribution is 2.13. The predicted octanol–water partition coefficient (Wildman–Crippen LogP) is 2.76. The van der Waals surface area contributed by atoms with Crippen molar-refractivity contribution in [2.45, 2.75) is 19.4 Å². The van der Waals surface area contributed by atoms with Crippen LogP contribution in [0.1, 0.15) is 18.6 Å². The molecule has 1 aliphatic rings. The van der Waals surface area contributed by atoms with Gasteiger partial charge in [0.2, 0.25) is 0 Å². The van der Waals surface area contributed by atoms with Crippen molar-refractivity contribution >= 4 is 11.6 Å². The van der Waals surface area contributed by atoms with Gasteiger partial charge in [-0.05, 0) is 43.1 Å². The molecule has 1 aromatic heterocycles. The lowest BCUT2D eigenvalue weighted by atomic mass is 10.1. The van der Waals surface area contributed by atoms with Gasteiger partial charge in [-0.1, -0.05) is 11.6 Å². The van der Waals surface area contributed by atoms with E-state index in [0.29, 0.717) is 5.22 Å². The Kier molecular flexibility index (Phi) is 4.45. The van der Waals surface area contributed by atoms with Gasteiger partial charge in [-0.15, -0.1) is 0 Å². The standard InChI is InChI=1S/C12H16ClNO2/c13-12-2-1-11(16-12)9-14-6-3-10-4-7-15-8-5-10/h1-2,4,14H,3,5-9H2. The van der Waals surface area contributed by atoms with E-state index in [1.807, 2.05) is 6.07 Å². The van der Waals surface area contributed by atoms with E-state index in [0.717, 1.165) is 44.9 Å². The van der Waals surface area contributed by atoms with E-state index in [1.165, 1.54) is 5.57 Å². The molecule has 0 bridgehead atoms. The zero-order valence-electron chi connectivity index (χ0n) is 9.17. The van der Waals surface area contributed by atoms with Crippen molar-refractivity contribution in [3.05, 3.63) is 34.8 Å². The highest BCUT2D eigenvalue weighted by Gasteiger charge is 2.03. The fourth-order valence-electron chi connectivity index (χ4n) is 1.70. The highest BCUT2D eigenvalue weighted by atomic mass is 35.5. The Morgan fingerprint density at radius 1 is 1.38 bits per heavy atom. The maximum atomic E-state index is 5.68. The van der Waals surface area contributed by atoms with E-state index in [1.54, 1.807) is 6.07 Å². The summed E-state index contributed by atoms with van der Waals surface area (Å²) in [5.74, 6) is 0.881. The highest BCUT2D eigenvalue weighted by molar-refractivity contribution is 6.28. The lowest BCUT2D eigenvalue weighted by Gasteiger charge is -2.13. The average molecular weight is 242 g/mol. The fourth-order valence-corrected chi connectivity index (χ4v) is 1.86. The minimum atomic E-state index is 0.448. The summed E-state index contributed by atoms with van der Waals surface area (Å²) in [5.41, 5.74) is 1.48. The molecule has 0 fully saturated rings. The molecule has 3 nitrogen and oxygen atoms in total. The normalized spacial score (nSPS) is 16.2. The van der Waals surface area contributed by atoms with Crippen molar-refractivity contribution in [2.75, 3.05) is 19.8 Å². The van der Waals surface area contributed by atoms with Crippen molar-refractivity contribution in [3.8, 4) is 0 Å². The second-order valence-electron chi connectivity index (χ2n) is 3.82. The molecule has 4 heteroatoms. The van der Waals surface area contributed by atoms with E-state index < -0.39 is 0 Å². The lowest BCUT2D eigenvalue weighted by molar-refractivity contribution is 0.153. The Labute approximate surface area is 100 Å². The van der Waals surface area contributed by atoms with Crippen molar-refractivity contribution in [2.24, 2.45) is 0 Å². The van der Waals surface area contributed by atoms with Crippen LogP contribution in [0.2, 0.25) is 5.22 Å². The number of halogens is 1. The molecule has 1 aromatic rings. The molecule has 2 heterocycles. The third kappa shape index (κ3) is 3.67. The van der Waals surface area contributed by atoms with Crippen LogP contribution in [-0.2, 0) is 11.3 Å². The second-order valence-corrected chi connectivity index (χ2v) is 4.19. The number of rotatable bonds is 5. The first-order chi connectivity index (χ1) is 7.84. The van der Waals surface area contributed by atoms with E-state index in [4.69, 9.17) is 20.8 Å². The van der Waals surface area contributed by atoms with E-state index in [-0.39, 0.29) is 0 Å². The van der Waals surface area contributed by atoms with E-state index in [2.05, 4.69) is 11.4 Å². The van der Waals surface area contributed by atoms with Crippen molar-refractivity contribution < 1.29 is 9.15 Å². The summed E-state index contributed by atoms with van der Waals surface area (Å²) in [6.07, 6.45) is 4.32. The maximum Gasteiger partial charge on any atom is 0.193 e. The van der Waals surface area contributed by atoms with Crippen LogP contribution in [0, 0.1) is 0 Å². The van der Waals surface area contributed by atoms with Crippen LogP contribution >= 0.6 is 11.6 Å². The molecule has 1 aliphatic heterocycles. The summed E-state index contributed by atoms with van der Waals surface area (Å²) in [7, 11) is 0. The third-order valence-electron chi connectivity index (χ3n) is 2.61. The number of furan rings is 1. The average Bonchev–Trinajstić information content (AvgIpc) is 2.72. The Balaban J connectivity index is 1.63. The minimum Gasteiger partial charge on any atom is -0.448 e. The zero-order valence-corrected chi connectivity index (χ0v) is 9.93. The summed E-state index contributed by atoms with van der Waals surface area (Å²) < 4.78 is 10.5. The quantitative estimate of drug-likeness (QED) is 0.636. The van der Waals surface area contributed by atoms with Gasteiger partial charge in [0.1, 0.15) is 5.76 Å². The molecule has 88 valence electrons. The largest absolute Gasteiger partial charge is 0.448 e. The summed E-state index contributed by atoms with van der Waals surface area (Å²) in [6, 6.07) is 3.66. The van der Waals surface area contributed by atoms with Gasteiger partial charge >= 0.3 is 0 Å². The van der Waals surface area contributed by atoms with Crippen molar-refractivity contribution in [3.63, 3.8) is 0 Å². The minimum absolute atomic E-state index is 0.448. The molecule has 0 aliphatic carbocycles. The van der Waals surface area contributed by atoms with Crippen LogP contribution in [0.4, 0.5) is 0 Å². The molecule has 16 heavy (non-hydrogen) atoms. The van der Waals surface area contributed by atoms with E-state index >= 15 is 0 Å². The summed E-state index contributed by atoms with van der Waals surface area (Å²) in [5, 5.41) is 3.78. The Hall–Kier alpha value is -0.770. The van der Waals surface area contributed by atoms with Gasteiger partial charge in [-0.2, -0.15) is 0 Å². The maximum absolute atomic E-state index is 5.68. The number of nitrogens with one attached hydrogen (secondary N) is 1. The van der Waals surface area contributed by atoms with E-state index in [9.17, 15) is 0 Å². The Bertz CT molecular complexity index is 360. The van der Waals surface area contributed by atoms with Crippen LogP contribution in [0.3, 0.4) is 0 Å². The molecule has 0 atom stereocenters. The topological polar surface area (TPSA) is 34.4 Å². The summed E-state index contributed by atoms with van der Waals surface area (Å²) in [6.45, 7) is 3.32. The molecular weight excluding hydrogens is 226 g/mol. The van der Waals surface area contributed by atoms with Gasteiger partial charge in [-0.3, -0.25) is 0 Å². The number of hydrogen-bond acceptors (Lipinski definition) is 3. The van der Waals surface area contributed by atoms with Crippen molar-refractivity contribution in [1.29, 1.82) is 0 Å². The SMILES string of the molecule is Clc1ccc(CNCCC2=CCOCC2)o1. The Morgan fingerprint density at radius 2 is 2.31 bits per heavy atom. The predicted molar refractivity (Wildman–Crippen MR) is 63.6 cm³/mol. The van der Waals surface area contributed by atoms with Crippen LogP contribution in [0.5, 0.6) is 0 Å². The molecule has 0 unspecified atom stereocenters. The van der Waals surface area contributed by atoms with Gasteiger partial charge in [0.05, 0.1) is 19.8 Å². The smallest absolute Gasteiger partial charge is 0.193 e. The molecular formula is C12H16ClNO2. The fraction of sp³-hybridized carbons (Fsp3) is 0.500. The second kappa shape index (κ2) is 6.09. The van der Waals surface area contributed by atoms with Gasteiger partial charge < -0.3 is 14.5 Å². The zero-order chi connectivity index (χ0) is 11.2. The number of hydrogen-bond donors (Lipinski definition) is 1. The summed E-state index contributed by atoms with van der Waals surface area (Å²) in [4.78, 5) is 0. The molecule has 0 radical (unpaired) electrons. The molecule has 1 N–H and O–H groups in total. The molecule has 0 amide bonds. The molecule has 0 saturated heterocycles. The summed E-state index contributed by atoms with van der Waals surface area (Å²) >= 11 is 5.68. The first-order valence-corrected chi connectivity index (χ1v) is 5.93. The molecule has 2 rings (SSSR count). The van der Waals surface area contributed by atoms with Crippen molar-refractivity contribution in [1.82, 2.24) is 5.32 Å². The van der Waals surface area contributed by atoms with Gasteiger partial charge in [0, 0.05) is 0 Å². The number of ether oxygens (including phenoxy) is 1. The van der Waals surface area contributed by atoms with Crippen LogP contribution < -0.4 is 5.32 Å². The Morgan fingerprint density at radius 3 is 3.00 bits per heavy atom. The first kappa shape index (κ1) is 11.7. The molecule has 0 aromatic carbocycles. The van der Waals surface area contributed by atoms with Gasteiger partial charge in [0.15, 0.2) is 5.22 Å². The van der Waals surface area contributed by atoms with Gasteiger partial charge in [-0.25, -0.2) is 0 Å². The lowest BCUT2D eigenvalue weighted by Crippen LogP contribution is -2.16. The monoisotopic (exact) mass is 241 g/mol. The van der Waals surface area contributed by atoms with Gasteiger partial charge in [0.25, 0.3) is 0 Å². The molecule has 0 saturated carbocycles.